The van der Waals surface area contributed by atoms with Crippen molar-refractivity contribution in [3.8, 4) is 16.9 Å². The topological polar surface area (TPSA) is 82.6 Å². The molecule has 5 rings (SSSR count). The summed E-state index contributed by atoms with van der Waals surface area (Å²) in [5.41, 5.74) is 5.35. The predicted octanol–water partition coefficient (Wildman–Crippen LogP) is 4.72. The maximum Gasteiger partial charge on any atom is 0.410 e. The van der Waals surface area contributed by atoms with Gasteiger partial charge < -0.3 is 23.5 Å². The normalized spacial score (nSPS) is 16.2. The van der Waals surface area contributed by atoms with Crippen LogP contribution in [-0.4, -0.2) is 51.0 Å². The molecule has 3 aromatic rings. The quantitative estimate of drug-likeness (QED) is 0.578. The van der Waals surface area contributed by atoms with E-state index in [9.17, 15) is 4.79 Å². The van der Waals surface area contributed by atoms with Gasteiger partial charge in [-0.05, 0) is 58.7 Å². The van der Waals surface area contributed by atoms with Crippen LogP contribution < -0.4 is 4.74 Å². The van der Waals surface area contributed by atoms with E-state index < -0.39 is 5.60 Å². The number of imidazole rings is 1. The Kier molecular flexibility index (Phi) is 4.76. The van der Waals surface area contributed by atoms with Gasteiger partial charge in [0, 0.05) is 18.7 Å². The maximum absolute atomic E-state index is 12.4. The van der Waals surface area contributed by atoms with Gasteiger partial charge in [-0.1, -0.05) is 11.2 Å². The Balaban J connectivity index is 1.51. The van der Waals surface area contributed by atoms with Gasteiger partial charge in [-0.2, -0.15) is 0 Å². The molecule has 32 heavy (non-hydrogen) atoms. The second-order valence-corrected chi connectivity index (χ2v) is 9.35. The van der Waals surface area contributed by atoms with Crippen LogP contribution in [0.4, 0.5) is 4.79 Å². The van der Waals surface area contributed by atoms with Crippen molar-refractivity contribution in [1.29, 1.82) is 0 Å². The van der Waals surface area contributed by atoms with E-state index in [0.717, 1.165) is 63.7 Å². The number of ether oxygens (including phenoxy) is 2. The molecule has 0 radical (unpaired) electrons. The van der Waals surface area contributed by atoms with Crippen molar-refractivity contribution in [1.82, 2.24) is 19.6 Å². The minimum absolute atomic E-state index is 0.276. The van der Waals surface area contributed by atoms with Crippen LogP contribution >= 0.6 is 0 Å². The monoisotopic (exact) mass is 436 g/mol. The van der Waals surface area contributed by atoms with E-state index in [-0.39, 0.29) is 6.09 Å². The number of aromatic nitrogens is 3. The summed E-state index contributed by atoms with van der Waals surface area (Å²) >= 11 is 0. The van der Waals surface area contributed by atoms with Gasteiger partial charge in [-0.15, -0.1) is 0 Å². The molecule has 0 N–H and O–H groups in total. The summed E-state index contributed by atoms with van der Waals surface area (Å²) in [6.07, 6.45) is 2.54. The highest BCUT2D eigenvalue weighted by molar-refractivity contribution is 5.94. The molecule has 0 saturated heterocycles. The number of aryl methyl sites for hydroxylation is 2. The maximum atomic E-state index is 12.4. The Morgan fingerprint density at radius 2 is 2.00 bits per heavy atom. The molecule has 168 valence electrons. The van der Waals surface area contributed by atoms with Crippen LogP contribution in [-0.2, 0) is 11.3 Å². The number of benzene rings is 1. The molecule has 1 aromatic carbocycles. The van der Waals surface area contributed by atoms with Crippen LogP contribution in [0.1, 0.15) is 44.5 Å². The highest BCUT2D eigenvalue weighted by Crippen LogP contribution is 2.42. The third-order valence-corrected chi connectivity index (χ3v) is 5.87. The molecule has 2 aliphatic heterocycles. The molecule has 1 amide bonds. The third kappa shape index (κ3) is 3.43. The first-order chi connectivity index (χ1) is 15.2. The second-order valence-electron chi connectivity index (χ2n) is 9.35. The van der Waals surface area contributed by atoms with Crippen molar-refractivity contribution in [3.63, 3.8) is 0 Å². The first-order valence-electron chi connectivity index (χ1n) is 11.0. The molecule has 4 heterocycles. The average molecular weight is 437 g/mol. The summed E-state index contributed by atoms with van der Waals surface area (Å²) in [6, 6.07) is 4.07. The van der Waals surface area contributed by atoms with Crippen LogP contribution in [0.2, 0.25) is 0 Å². The number of amides is 1. The van der Waals surface area contributed by atoms with Crippen LogP contribution in [0.15, 0.2) is 22.7 Å². The van der Waals surface area contributed by atoms with Crippen LogP contribution in [0.25, 0.3) is 27.7 Å². The van der Waals surface area contributed by atoms with Gasteiger partial charge in [0.2, 0.25) is 0 Å². The Morgan fingerprint density at radius 3 is 2.66 bits per heavy atom. The Bertz CT molecular complexity index is 1230. The Morgan fingerprint density at radius 1 is 1.19 bits per heavy atom. The molecule has 0 bridgehead atoms. The zero-order valence-corrected chi connectivity index (χ0v) is 19.2. The summed E-state index contributed by atoms with van der Waals surface area (Å²) < 4.78 is 19.3. The molecular formula is C24H28N4O4. The number of carbonyl (C=O) groups is 1. The lowest BCUT2D eigenvalue weighted by atomic mass is 10.0. The van der Waals surface area contributed by atoms with Crippen molar-refractivity contribution >= 4 is 22.7 Å². The van der Waals surface area contributed by atoms with E-state index >= 15 is 0 Å². The first-order valence-corrected chi connectivity index (χ1v) is 11.0. The summed E-state index contributed by atoms with van der Waals surface area (Å²) in [5.74, 6) is 2.55. The van der Waals surface area contributed by atoms with Gasteiger partial charge in [-0.3, -0.25) is 0 Å². The summed E-state index contributed by atoms with van der Waals surface area (Å²) in [5, 5.41) is 4.11. The van der Waals surface area contributed by atoms with Crippen molar-refractivity contribution in [2.45, 2.75) is 53.2 Å². The molecule has 0 fully saturated rings. The molecule has 0 atom stereocenters. The summed E-state index contributed by atoms with van der Waals surface area (Å²) in [6.45, 7) is 11.9. The minimum Gasteiger partial charge on any atom is -0.489 e. The van der Waals surface area contributed by atoms with Crippen molar-refractivity contribution in [2.75, 3.05) is 19.7 Å². The SMILES string of the molecule is Cc1noc(C)c1-c1ccc2nc(C3=CCN(C(=O)OC(C)(C)C)CC3)n3c2c1OCC3. The van der Waals surface area contributed by atoms with Crippen molar-refractivity contribution in [3.05, 3.63) is 35.5 Å². The summed E-state index contributed by atoms with van der Waals surface area (Å²) in [4.78, 5) is 19.1. The number of nitrogens with zero attached hydrogens (tertiary/aromatic N) is 4. The van der Waals surface area contributed by atoms with Gasteiger partial charge in [0.1, 0.15) is 29.3 Å². The van der Waals surface area contributed by atoms with E-state index in [1.54, 1.807) is 4.90 Å². The largest absolute Gasteiger partial charge is 0.489 e. The fourth-order valence-corrected chi connectivity index (χ4v) is 4.47. The molecular weight excluding hydrogens is 408 g/mol. The predicted molar refractivity (Wildman–Crippen MR) is 121 cm³/mol. The highest BCUT2D eigenvalue weighted by Gasteiger charge is 2.29. The second kappa shape index (κ2) is 7.39. The molecule has 0 saturated carbocycles. The molecule has 0 unspecified atom stereocenters. The van der Waals surface area contributed by atoms with Crippen LogP contribution in [0.5, 0.6) is 5.75 Å². The van der Waals surface area contributed by atoms with Gasteiger partial charge in [0.15, 0.2) is 5.75 Å². The lowest BCUT2D eigenvalue weighted by molar-refractivity contribution is 0.0270. The van der Waals surface area contributed by atoms with Crippen molar-refractivity contribution in [2.24, 2.45) is 0 Å². The third-order valence-electron chi connectivity index (χ3n) is 5.87. The minimum atomic E-state index is -0.499. The smallest absolute Gasteiger partial charge is 0.410 e. The molecule has 0 aliphatic carbocycles. The molecule has 2 aliphatic rings. The number of carbonyl (C=O) groups excluding carboxylic acids is 1. The average Bonchev–Trinajstić information content (AvgIpc) is 3.29. The van der Waals surface area contributed by atoms with Gasteiger partial charge in [0.05, 0.1) is 23.3 Å². The standard InChI is InChI=1S/C24H28N4O4/c1-14-19(15(2)32-26-14)17-6-7-18-20-21(17)30-13-12-28(20)22(25-18)16-8-10-27(11-9-16)23(29)31-24(3,4)5/h6-8H,9-13H2,1-5H3. The summed E-state index contributed by atoms with van der Waals surface area (Å²) in [7, 11) is 0. The van der Waals surface area contributed by atoms with E-state index in [1.807, 2.05) is 46.8 Å². The van der Waals surface area contributed by atoms with Crippen LogP contribution in [0, 0.1) is 13.8 Å². The Hall–Kier alpha value is -3.29. The fourth-order valence-electron chi connectivity index (χ4n) is 4.47. The highest BCUT2D eigenvalue weighted by atomic mass is 16.6. The molecule has 0 spiro atoms. The van der Waals surface area contributed by atoms with E-state index in [1.165, 1.54) is 0 Å². The van der Waals surface area contributed by atoms with Crippen molar-refractivity contribution < 1.29 is 18.8 Å². The van der Waals surface area contributed by atoms with Gasteiger partial charge >= 0.3 is 6.09 Å². The van der Waals surface area contributed by atoms with Gasteiger partial charge in [-0.25, -0.2) is 9.78 Å². The van der Waals surface area contributed by atoms with E-state index in [2.05, 4.69) is 15.8 Å². The number of hydrogen-bond acceptors (Lipinski definition) is 6. The van der Waals surface area contributed by atoms with E-state index in [4.69, 9.17) is 19.0 Å². The zero-order chi connectivity index (χ0) is 22.6. The fraction of sp³-hybridized carbons (Fsp3) is 0.458. The molecule has 2 aromatic heterocycles. The molecule has 8 heteroatoms. The molecule has 8 nitrogen and oxygen atoms in total. The lowest BCUT2D eigenvalue weighted by Gasteiger charge is -2.29. The Labute approximate surface area is 186 Å². The lowest BCUT2D eigenvalue weighted by Crippen LogP contribution is -2.39. The van der Waals surface area contributed by atoms with Crippen LogP contribution in [0.3, 0.4) is 0 Å². The first kappa shape index (κ1) is 20.6. The van der Waals surface area contributed by atoms with E-state index in [0.29, 0.717) is 19.7 Å². The van der Waals surface area contributed by atoms with Gasteiger partial charge in [0.25, 0.3) is 0 Å². The number of hydrogen-bond donors (Lipinski definition) is 0. The zero-order valence-electron chi connectivity index (χ0n) is 19.2. The number of rotatable bonds is 2.